The lowest BCUT2D eigenvalue weighted by Crippen LogP contribution is -2.27. The molecule has 1 aliphatic carbocycles. The molecule has 34 heavy (non-hydrogen) atoms. The van der Waals surface area contributed by atoms with Crippen molar-refractivity contribution in [3.05, 3.63) is 52.7 Å². The van der Waals surface area contributed by atoms with Gasteiger partial charge in [0.25, 0.3) is 5.91 Å². The van der Waals surface area contributed by atoms with E-state index in [1.165, 1.54) is 10.8 Å². The molecule has 2 fully saturated rings. The van der Waals surface area contributed by atoms with Crippen molar-refractivity contribution in [2.45, 2.75) is 31.3 Å². The first kappa shape index (κ1) is 22.0. The molecule has 2 aromatic heterocycles. The molecule has 174 valence electrons. The van der Waals surface area contributed by atoms with Crippen LogP contribution in [0.15, 0.2) is 25.0 Å². The highest BCUT2D eigenvalue weighted by atomic mass is 35.5. The van der Waals surface area contributed by atoms with Crippen molar-refractivity contribution >= 4 is 40.3 Å². The van der Waals surface area contributed by atoms with E-state index in [4.69, 9.17) is 23.1 Å². The van der Waals surface area contributed by atoms with E-state index in [0.29, 0.717) is 30.5 Å². The van der Waals surface area contributed by atoms with E-state index in [2.05, 4.69) is 28.5 Å². The maximum absolute atomic E-state index is 15.1. The van der Waals surface area contributed by atoms with E-state index in [1.54, 1.807) is 21.9 Å². The predicted molar refractivity (Wildman–Crippen MR) is 125 cm³/mol. The Morgan fingerprint density at radius 2 is 2.03 bits per heavy atom. The Bertz CT molecular complexity index is 1430. The van der Waals surface area contributed by atoms with Crippen LogP contribution in [-0.4, -0.2) is 49.1 Å². The Morgan fingerprint density at radius 3 is 2.71 bits per heavy atom. The van der Waals surface area contributed by atoms with Crippen LogP contribution in [0.2, 0.25) is 5.02 Å². The molecule has 1 saturated heterocycles. The first-order chi connectivity index (χ1) is 16.3. The van der Waals surface area contributed by atoms with Gasteiger partial charge in [-0.15, -0.1) is 0 Å². The minimum absolute atomic E-state index is 0.0309. The summed E-state index contributed by atoms with van der Waals surface area (Å²) >= 11 is 6.29. The molecule has 1 atom stereocenters. The standard InChI is InChI=1S/C23H21ClFN7O2/c1-2-17(33)30-8-7-14(10-30)32-22(26)18(23(27)34)15(29-32)6-3-12-9-16-21(20(25)19(12)24)31(11-28-16)13-4-5-13/h2,9,11,13-14H,1,4-5,7-8,10,26H2,(H2,27,34)/t14-/m0/s1. The largest absolute Gasteiger partial charge is 0.383 e. The first-order valence-electron chi connectivity index (χ1n) is 10.8. The number of halogens is 2. The van der Waals surface area contributed by atoms with Crippen molar-refractivity contribution in [2.24, 2.45) is 5.73 Å². The number of nitrogens with zero attached hydrogens (tertiary/aromatic N) is 5. The van der Waals surface area contributed by atoms with Gasteiger partial charge in [-0.2, -0.15) is 5.10 Å². The zero-order valence-corrected chi connectivity index (χ0v) is 18.8. The lowest BCUT2D eigenvalue weighted by atomic mass is 10.1. The van der Waals surface area contributed by atoms with Gasteiger partial charge in [0.2, 0.25) is 5.91 Å². The second kappa shape index (κ2) is 8.18. The van der Waals surface area contributed by atoms with E-state index < -0.39 is 11.7 Å². The number of benzene rings is 1. The molecule has 2 amide bonds. The van der Waals surface area contributed by atoms with Gasteiger partial charge in [0.15, 0.2) is 11.5 Å². The highest BCUT2D eigenvalue weighted by molar-refractivity contribution is 6.32. The molecule has 11 heteroatoms. The molecule has 0 bridgehead atoms. The van der Waals surface area contributed by atoms with Crippen molar-refractivity contribution in [3.63, 3.8) is 0 Å². The summed E-state index contributed by atoms with van der Waals surface area (Å²) < 4.78 is 18.3. The molecule has 4 N–H and O–H groups in total. The Labute approximate surface area is 199 Å². The first-order valence-corrected chi connectivity index (χ1v) is 11.1. The van der Waals surface area contributed by atoms with Crippen LogP contribution in [0.3, 0.4) is 0 Å². The van der Waals surface area contributed by atoms with Gasteiger partial charge in [-0.3, -0.25) is 9.59 Å². The predicted octanol–water partition coefficient (Wildman–Crippen LogP) is 2.40. The third-order valence-corrected chi connectivity index (χ3v) is 6.55. The van der Waals surface area contributed by atoms with Gasteiger partial charge in [-0.1, -0.05) is 24.1 Å². The van der Waals surface area contributed by atoms with Crippen molar-refractivity contribution in [1.82, 2.24) is 24.2 Å². The average Bonchev–Trinajstić information content (AvgIpc) is 3.23. The third-order valence-electron chi connectivity index (χ3n) is 6.19. The number of fused-ring (bicyclic) bond motifs is 1. The molecule has 1 aromatic carbocycles. The number of rotatable bonds is 4. The monoisotopic (exact) mass is 481 g/mol. The number of amides is 2. The number of nitrogens with two attached hydrogens (primary N) is 2. The van der Waals surface area contributed by atoms with Crippen LogP contribution < -0.4 is 11.5 Å². The molecule has 2 aliphatic rings. The van der Waals surface area contributed by atoms with Gasteiger partial charge in [-0.05, 0) is 37.3 Å². The van der Waals surface area contributed by atoms with Crippen LogP contribution in [0.5, 0.6) is 0 Å². The Hall–Kier alpha value is -3.84. The van der Waals surface area contributed by atoms with Crippen molar-refractivity contribution in [3.8, 4) is 11.8 Å². The van der Waals surface area contributed by atoms with E-state index in [-0.39, 0.29) is 45.7 Å². The maximum Gasteiger partial charge on any atom is 0.255 e. The smallest absolute Gasteiger partial charge is 0.255 e. The molecular weight excluding hydrogens is 461 g/mol. The van der Waals surface area contributed by atoms with Gasteiger partial charge in [0.05, 0.1) is 22.9 Å². The number of aromatic nitrogens is 4. The number of anilines is 1. The molecule has 9 nitrogen and oxygen atoms in total. The zero-order valence-electron chi connectivity index (χ0n) is 18.1. The molecular formula is C23H21ClFN7O2. The Kier molecular flexibility index (Phi) is 5.29. The van der Waals surface area contributed by atoms with Crippen LogP contribution >= 0.6 is 11.6 Å². The lowest BCUT2D eigenvalue weighted by molar-refractivity contribution is -0.125. The van der Waals surface area contributed by atoms with Gasteiger partial charge >= 0.3 is 0 Å². The fraction of sp³-hybridized carbons (Fsp3) is 0.304. The van der Waals surface area contributed by atoms with E-state index in [9.17, 15) is 9.59 Å². The minimum atomic E-state index is -0.791. The second-order valence-electron chi connectivity index (χ2n) is 8.40. The molecule has 3 heterocycles. The van der Waals surface area contributed by atoms with E-state index in [1.807, 2.05) is 0 Å². The van der Waals surface area contributed by atoms with Crippen LogP contribution in [-0.2, 0) is 4.79 Å². The highest BCUT2D eigenvalue weighted by Gasteiger charge is 2.31. The molecule has 3 aromatic rings. The van der Waals surface area contributed by atoms with Crippen LogP contribution in [0.4, 0.5) is 10.2 Å². The summed E-state index contributed by atoms with van der Waals surface area (Å²) in [6.45, 7) is 4.36. The third kappa shape index (κ3) is 3.58. The second-order valence-corrected chi connectivity index (χ2v) is 8.78. The molecule has 0 spiro atoms. The summed E-state index contributed by atoms with van der Waals surface area (Å²) in [4.78, 5) is 29.9. The van der Waals surface area contributed by atoms with Gasteiger partial charge in [0, 0.05) is 24.7 Å². The van der Waals surface area contributed by atoms with Crippen molar-refractivity contribution in [1.29, 1.82) is 0 Å². The fourth-order valence-electron chi connectivity index (χ4n) is 4.30. The number of hydrogen-bond donors (Lipinski definition) is 2. The molecule has 1 aliphatic heterocycles. The summed E-state index contributed by atoms with van der Waals surface area (Å²) in [5, 5.41) is 4.26. The quantitative estimate of drug-likeness (QED) is 0.437. The van der Waals surface area contributed by atoms with E-state index >= 15 is 4.39 Å². The molecule has 0 unspecified atom stereocenters. The number of carbonyl (C=O) groups excluding carboxylic acids is 2. The normalized spacial score (nSPS) is 17.6. The topological polar surface area (TPSA) is 125 Å². The molecule has 5 rings (SSSR count). The Balaban J connectivity index is 1.52. The van der Waals surface area contributed by atoms with Gasteiger partial charge < -0.3 is 20.9 Å². The number of likely N-dealkylation sites (tertiary alicyclic amines) is 1. The number of primary amides is 1. The summed E-state index contributed by atoms with van der Waals surface area (Å²) in [7, 11) is 0. The van der Waals surface area contributed by atoms with Crippen LogP contribution in [0.25, 0.3) is 11.0 Å². The number of carbonyl (C=O) groups is 2. The number of nitrogen functional groups attached to an aromatic ring is 1. The lowest BCUT2D eigenvalue weighted by Gasteiger charge is -2.15. The summed E-state index contributed by atoms with van der Waals surface area (Å²) in [5.41, 5.74) is 12.7. The average molecular weight is 482 g/mol. The SMILES string of the molecule is C=CC(=O)N1CC[C@H](n2nc(C#Cc3cc4ncn(C5CC5)c4c(F)c3Cl)c(C(N)=O)c2N)C1. The fourth-order valence-corrected chi connectivity index (χ4v) is 4.49. The van der Waals surface area contributed by atoms with Gasteiger partial charge in [0.1, 0.15) is 16.9 Å². The number of imidazole rings is 1. The summed E-state index contributed by atoms with van der Waals surface area (Å²) in [6, 6.07) is 1.60. The Morgan fingerprint density at radius 1 is 1.26 bits per heavy atom. The zero-order chi connectivity index (χ0) is 24.1. The summed E-state index contributed by atoms with van der Waals surface area (Å²) in [6.07, 6.45) is 5.39. The summed E-state index contributed by atoms with van der Waals surface area (Å²) in [5.74, 6) is 4.04. The minimum Gasteiger partial charge on any atom is -0.383 e. The highest BCUT2D eigenvalue weighted by Crippen LogP contribution is 2.39. The van der Waals surface area contributed by atoms with Crippen molar-refractivity contribution in [2.75, 3.05) is 18.8 Å². The van der Waals surface area contributed by atoms with E-state index in [0.717, 1.165) is 12.8 Å². The van der Waals surface area contributed by atoms with Gasteiger partial charge in [-0.25, -0.2) is 14.1 Å². The molecule has 1 saturated carbocycles. The number of hydrogen-bond acceptors (Lipinski definition) is 5. The van der Waals surface area contributed by atoms with Crippen molar-refractivity contribution < 1.29 is 14.0 Å². The van der Waals surface area contributed by atoms with Crippen LogP contribution in [0, 0.1) is 17.7 Å². The maximum atomic E-state index is 15.1. The van der Waals surface area contributed by atoms with Crippen LogP contribution in [0.1, 0.15) is 53.0 Å². The molecule has 0 radical (unpaired) electrons.